The van der Waals surface area contributed by atoms with Crippen molar-refractivity contribution in [3.8, 4) is 11.1 Å². The Labute approximate surface area is 229 Å². The molecule has 0 aliphatic heterocycles. The molecule has 33 heavy (non-hydrogen) atoms. The number of allylic oxidation sites excluding steroid dienone is 4. The van der Waals surface area contributed by atoms with Gasteiger partial charge in [-0.1, -0.05) is 67.1 Å². The van der Waals surface area contributed by atoms with E-state index in [1.165, 1.54) is 55.3 Å². The summed E-state index contributed by atoms with van der Waals surface area (Å²) in [7, 11) is 0. The van der Waals surface area contributed by atoms with Gasteiger partial charge in [-0.15, -0.1) is 78.4 Å². The van der Waals surface area contributed by atoms with Crippen molar-refractivity contribution in [3.05, 3.63) is 88.0 Å². The smallest absolute Gasteiger partial charge is 0.0398 e. The van der Waals surface area contributed by atoms with E-state index in [0.29, 0.717) is 5.92 Å². The average molecular weight is 577 g/mol. The maximum absolute atomic E-state index is 3.36. The molecule has 0 saturated heterocycles. The third-order valence-electron chi connectivity index (χ3n) is 5.86. The number of hydrogen-bond acceptors (Lipinski definition) is 0. The van der Waals surface area contributed by atoms with Crippen LogP contribution in [0.5, 0.6) is 0 Å². The molecule has 3 aromatic carbocycles. The van der Waals surface area contributed by atoms with Crippen LogP contribution in [0.15, 0.2) is 65.3 Å². The van der Waals surface area contributed by atoms with Gasteiger partial charge in [0.2, 0.25) is 0 Å². The maximum Gasteiger partial charge on any atom is -0.0398 e. The Bertz CT molecular complexity index is 1120. The van der Waals surface area contributed by atoms with Crippen LogP contribution in [-0.4, -0.2) is 5.43 Å². The second-order valence-corrected chi connectivity index (χ2v) is 18.3. The molecule has 0 aromatic heterocycles. The normalized spacial score (nSPS) is 14.3. The van der Waals surface area contributed by atoms with Crippen molar-refractivity contribution in [2.24, 2.45) is 5.92 Å². The zero-order chi connectivity index (χ0) is 23.3. The predicted molar refractivity (Wildman–Crippen MR) is 151 cm³/mol. The molecule has 0 N–H and O–H groups in total. The molecular formula is C29H38Cl2SiZr. The minimum atomic E-state index is 0. The van der Waals surface area contributed by atoms with Gasteiger partial charge in [0.15, 0.2) is 0 Å². The topological polar surface area (TPSA) is 0 Å². The maximum atomic E-state index is 3.36. The average Bonchev–Trinajstić information content (AvgIpc) is 3.18. The number of rotatable bonds is 1. The molecule has 1 aliphatic carbocycles. The molecule has 1 atom stereocenters. The summed E-state index contributed by atoms with van der Waals surface area (Å²) in [5.74, 6) is 0.560. The molecule has 0 amide bonds. The first-order chi connectivity index (χ1) is 14.5. The van der Waals surface area contributed by atoms with Gasteiger partial charge in [0.25, 0.3) is 0 Å². The Hall–Kier alpha value is -0.790. The largest absolute Gasteiger partial charge is 0.150 e. The van der Waals surface area contributed by atoms with Gasteiger partial charge in [-0.25, -0.2) is 5.57 Å². The van der Waals surface area contributed by atoms with Crippen molar-refractivity contribution in [2.75, 3.05) is 0 Å². The second-order valence-electron chi connectivity index (χ2n) is 8.91. The molecule has 0 fully saturated rings. The number of halogens is 2. The van der Waals surface area contributed by atoms with E-state index in [0.717, 1.165) is 0 Å². The van der Waals surface area contributed by atoms with E-state index in [1.807, 2.05) is 0 Å². The SMILES string of the molecule is CC1=[C-]C(C)C(C)=C1C.C[Si](C)=[Zr+2].Cc1cc(C)c(-c2c[cH-]c3ccccc23)c(C)c1.Cl.Cl. The van der Waals surface area contributed by atoms with Crippen LogP contribution in [-0.2, 0) is 23.3 Å². The van der Waals surface area contributed by atoms with Crippen molar-refractivity contribution < 1.29 is 23.3 Å². The molecule has 0 bridgehead atoms. The first kappa shape index (κ1) is 32.2. The summed E-state index contributed by atoms with van der Waals surface area (Å²) >= 11 is 1.74. The van der Waals surface area contributed by atoms with Crippen molar-refractivity contribution >= 4 is 41.0 Å². The molecule has 0 spiro atoms. The van der Waals surface area contributed by atoms with E-state index in [1.54, 1.807) is 23.3 Å². The molecule has 0 heterocycles. The van der Waals surface area contributed by atoms with Crippen molar-refractivity contribution in [2.45, 2.75) is 61.6 Å². The quantitative estimate of drug-likeness (QED) is 0.200. The van der Waals surface area contributed by atoms with Crippen molar-refractivity contribution in [1.29, 1.82) is 0 Å². The molecule has 0 saturated carbocycles. The van der Waals surface area contributed by atoms with Gasteiger partial charge in [0.05, 0.1) is 0 Å². The predicted octanol–water partition coefficient (Wildman–Crippen LogP) is 9.50. The van der Waals surface area contributed by atoms with Crippen molar-refractivity contribution in [3.63, 3.8) is 0 Å². The summed E-state index contributed by atoms with van der Waals surface area (Å²) in [6.07, 6.45) is 3.36. The monoisotopic (exact) mass is 574 g/mol. The first-order valence-electron chi connectivity index (χ1n) is 11.0. The summed E-state index contributed by atoms with van der Waals surface area (Å²) in [5.41, 5.74) is 11.3. The zero-order valence-electron chi connectivity index (χ0n) is 21.5. The molecule has 3 aromatic rings. The van der Waals surface area contributed by atoms with Gasteiger partial charge in [-0.05, 0) is 20.8 Å². The van der Waals surface area contributed by atoms with Gasteiger partial charge in [-0.3, -0.25) is 6.08 Å². The summed E-state index contributed by atoms with van der Waals surface area (Å²) in [6, 6.07) is 17.6. The third-order valence-corrected chi connectivity index (χ3v) is 5.86. The van der Waals surface area contributed by atoms with Gasteiger partial charge in [-0.2, -0.15) is 11.1 Å². The molecule has 0 radical (unpaired) electrons. The molecule has 4 rings (SSSR count). The Morgan fingerprint density at radius 3 is 1.85 bits per heavy atom. The fourth-order valence-electron chi connectivity index (χ4n) is 4.14. The summed E-state index contributed by atoms with van der Waals surface area (Å²) in [5, 5.41) is 2.68. The first-order valence-corrected chi connectivity index (χ1v) is 17.2. The van der Waals surface area contributed by atoms with Gasteiger partial charge in [0, 0.05) is 0 Å². The van der Waals surface area contributed by atoms with Crippen LogP contribution in [0.25, 0.3) is 21.9 Å². The van der Waals surface area contributed by atoms with Crippen LogP contribution in [0.1, 0.15) is 44.4 Å². The van der Waals surface area contributed by atoms with Gasteiger partial charge in [0.1, 0.15) is 0 Å². The molecule has 4 heteroatoms. The Kier molecular flexibility index (Phi) is 14.2. The van der Waals surface area contributed by atoms with Crippen LogP contribution >= 0.6 is 24.8 Å². The molecule has 176 valence electrons. The van der Waals surface area contributed by atoms with Crippen LogP contribution < -0.4 is 0 Å². The van der Waals surface area contributed by atoms with E-state index in [-0.39, 0.29) is 30.2 Å². The third kappa shape index (κ3) is 8.74. The van der Waals surface area contributed by atoms with E-state index in [9.17, 15) is 0 Å². The minimum Gasteiger partial charge on any atom is -0.150 e. The second kappa shape index (κ2) is 14.6. The van der Waals surface area contributed by atoms with Gasteiger partial charge < -0.3 is 0 Å². The fourth-order valence-corrected chi connectivity index (χ4v) is 4.14. The number of fused-ring (bicyclic) bond motifs is 1. The van der Waals surface area contributed by atoms with Crippen LogP contribution in [0, 0.1) is 32.8 Å². The zero-order valence-corrected chi connectivity index (χ0v) is 26.6. The summed E-state index contributed by atoms with van der Waals surface area (Å²) < 4.78 is 0. The van der Waals surface area contributed by atoms with E-state index in [4.69, 9.17) is 0 Å². The number of hydrogen-bond donors (Lipinski definition) is 0. The Morgan fingerprint density at radius 1 is 0.909 bits per heavy atom. The molecule has 0 nitrogen and oxygen atoms in total. The molecular weight excluding hydrogens is 539 g/mol. The van der Waals surface area contributed by atoms with E-state index in [2.05, 4.69) is 116 Å². The van der Waals surface area contributed by atoms with E-state index < -0.39 is 0 Å². The number of aryl methyl sites for hydroxylation is 3. The minimum absolute atomic E-state index is 0. The Balaban J connectivity index is 0.000000580. The summed E-state index contributed by atoms with van der Waals surface area (Å²) in [6.45, 7) is 19.9. The molecule has 1 unspecified atom stereocenters. The van der Waals surface area contributed by atoms with Crippen molar-refractivity contribution in [1.82, 2.24) is 0 Å². The van der Waals surface area contributed by atoms with Crippen LogP contribution in [0.2, 0.25) is 13.1 Å². The van der Waals surface area contributed by atoms with Crippen LogP contribution in [0.3, 0.4) is 0 Å². The van der Waals surface area contributed by atoms with Crippen LogP contribution in [0.4, 0.5) is 0 Å². The summed E-state index contributed by atoms with van der Waals surface area (Å²) in [4.78, 5) is 0. The van der Waals surface area contributed by atoms with Gasteiger partial charge >= 0.3 is 41.9 Å². The number of benzene rings is 2. The fraction of sp³-hybridized carbons (Fsp3) is 0.345. The Morgan fingerprint density at radius 2 is 1.42 bits per heavy atom. The standard InChI is InChI=1S/C18H17.C9H13.C2H6Si.2ClH.Zr/c1-12-10-13(2)18(14(3)11-12)17-9-8-15-6-4-5-7-16(15)17;1-6-5-7(2)9(4)8(6)3;1-3-2;;;/h4-11H,1-3H3;6H,1-4H3;1-2H3;2*1H;/q2*-1;;;;+2. The molecule has 1 aliphatic rings. The van der Waals surface area contributed by atoms with E-state index >= 15 is 0 Å².